The van der Waals surface area contributed by atoms with Gasteiger partial charge >= 0.3 is 0 Å². The van der Waals surface area contributed by atoms with Crippen molar-refractivity contribution in [2.45, 2.75) is 51.9 Å². The first-order chi connectivity index (χ1) is 9.72. The normalized spacial score (nSPS) is 38.2. The maximum absolute atomic E-state index is 13.0. The minimum atomic E-state index is 0.339. The van der Waals surface area contributed by atoms with Crippen LogP contribution in [0.4, 0.5) is 0 Å². The number of nitrogens with two attached hydrogens (primary N) is 1. The molecule has 0 radical (unpaired) electrons. The third-order valence-corrected chi connectivity index (χ3v) is 6.00. The fourth-order valence-corrected chi connectivity index (χ4v) is 5.38. The van der Waals surface area contributed by atoms with Crippen LogP contribution in [0.15, 0.2) is 0 Å². The van der Waals surface area contributed by atoms with Crippen molar-refractivity contribution in [1.82, 2.24) is 4.90 Å². The van der Waals surface area contributed by atoms with Crippen LogP contribution in [0.2, 0.25) is 0 Å². The number of rotatable bonds is 6. The molecule has 4 saturated carbocycles. The molecule has 2 N–H and O–H groups in total. The number of amides is 1. The van der Waals surface area contributed by atoms with Gasteiger partial charge in [-0.1, -0.05) is 13.3 Å². The second-order valence-electron chi connectivity index (χ2n) is 7.42. The summed E-state index contributed by atoms with van der Waals surface area (Å²) in [5.74, 6) is 4.06. The molecular formula is C17H30N2O. The van der Waals surface area contributed by atoms with Gasteiger partial charge in [0.25, 0.3) is 0 Å². The smallest absolute Gasteiger partial charge is 0.226 e. The highest BCUT2D eigenvalue weighted by molar-refractivity contribution is 5.80. The lowest BCUT2D eigenvalue weighted by molar-refractivity contribution is -0.149. The van der Waals surface area contributed by atoms with E-state index in [0.717, 1.165) is 37.8 Å². The fourth-order valence-electron chi connectivity index (χ4n) is 5.38. The summed E-state index contributed by atoms with van der Waals surface area (Å²) in [5, 5.41) is 0. The van der Waals surface area contributed by atoms with Gasteiger partial charge in [-0.15, -0.1) is 0 Å². The molecule has 1 amide bonds. The monoisotopic (exact) mass is 278 g/mol. The summed E-state index contributed by atoms with van der Waals surface area (Å²) in [5.41, 5.74) is 5.72. The molecule has 0 aromatic rings. The minimum absolute atomic E-state index is 0.339. The molecule has 0 heterocycles. The highest BCUT2D eigenvalue weighted by atomic mass is 16.2. The molecular weight excluding hydrogens is 248 g/mol. The molecule has 0 spiro atoms. The molecule has 0 saturated heterocycles. The van der Waals surface area contributed by atoms with Crippen LogP contribution in [0.1, 0.15) is 51.9 Å². The highest BCUT2D eigenvalue weighted by Crippen LogP contribution is 2.56. The van der Waals surface area contributed by atoms with Crippen LogP contribution in [0, 0.1) is 29.6 Å². The first kappa shape index (κ1) is 14.4. The number of carbonyl (C=O) groups is 1. The van der Waals surface area contributed by atoms with Crippen LogP contribution in [0.3, 0.4) is 0 Å². The van der Waals surface area contributed by atoms with Crippen molar-refractivity contribution < 1.29 is 4.79 Å². The lowest BCUT2D eigenvalue weighted by Gasteiger charge is -2.54. The van der Waals surface area contributed by atoms with E-state index < -0.39 is 0 Å². The Kier molecular flexibility index (Phi) is 4.34. The lowest BCUT2D eigenvalue weighted by Crippen LogP contribution is -2.52. The van der Waals surface area contributed by atoms with Crippen molar-refractivity contribution in [2.75, 3.05) is 19.6 Å². The van der Waals surface area contributed by atoms with E-state index in [1.54, 1.807) is 0 Å². The van der Waals surface area contributed by atoms with Gasteiger partial charge in [0.1, 0.15) is 0 Å². The topological polar surface area (TPSA) is 46.3 Å². The van der Waals surface area contributed by atoms with Crippen LogP contribution in [-0.4, -0.2) is 30.4 Å². The number of nitrogens with zero attached hydrogens (tertiary/aromatic N) is 1. The number of hydrogen-bond acceptors (Lipinski definition) is 2. The van der Waals surface area contributed by atoms with Gasteiger partial charge in [-0.25, -0.2) is 0 Å². The predicted octanol–water partition coefficient (Wildman–Crippen LogP) is 2.65. The molecule has 114 valence electrons. The number of hydrogen-bond donors (Lipinski definition) is 1. The molecule has 0 aliphatic heterocycles. The van der Waals surface area contributed by atoms with Gasteiger partial charge in [0, 0.05) is 25.6 Å². The largest absolute Gasteiger partial charge is 0.341 e. The molecule has 20 heavy (non-hydrogen) atoms. The van der Waals surface area contributed by atoms with Gasteiger partial charge in [0.2, 0.25) is 5.91 Å². The second kappa shape index (κ2) is 6.05. The van der Waals surface area contributed by atoms with E-state index in [9.17, 15) is 4.79 Å². The zero-order chi connectivity index (χ0) is 14.1. The Morgan fingerprint density at radius 2 is 1.65 bits per heavy atom. The lowest BCUT2D eigenvalue weighted by atomic mass is 9.51. The van der Waals surface area contributed by atoms with Crippen molar-refractivity contribution in [1.29, 1.82) is 0 Å². The quantitative estimate of drug-likeness (QED) is 0.812. The average Bonchev–Trinajstić information content (AvgIpc) is 2.42. The molecule has 3 nitrogen and oxygen atoms in total. The van der Waals surface area contributed by atoms with E-state index in [-0.39, 0.29) is 0 Å². The molecule has 0 atom stereocenters. The van der Waals surface area contributed by atoms with Crippen molar-refractivity contribution in [3.05, 3.63) is 0 Å². The summed E-state index contributed by atoms with van der Waals surface area (Å²) in [6, 6.07) is 0. The predicted molar refractivity (Wildman–Crippen MR) is 81.1 cm³/mol. The maximum atomic E-state index is 13.0. The molecule has 4 aliphatic rings. The molecule has 3 heteroatoms. The van der Waals surface area contributed by atoms with Gasteiger partial charge in [-0.05, 0) is 62.2 Å². The molecule has 0 aromatic carbocycles. The molecule has 4 rings (SSSR count). The zero-order valence-electron chi connectivity index (χ0n) is 12.9. The van der Waals surface area contributed by atoms with Crippen molar-refractivity contribution in [2.24, 2.45) is 35.3 Å². The van der Waals surface area contributed by atoms with Gasteiger partial charge in [-0.3, -0.25) is 4.79 Å². The van der Waals surface area contributed by atoms with Gasteiger partial charge in [0.15, 0.2) is 0 Å². The summed E-state index contributed by atoms with van der Waals surface area (Å²) >= 11 is 0. The molecule has 4 fully saturated rings. The van der Waals surface area contributed by atoms with Crippen molar-refractivity contribution >= 4 is 5.91 Å². The Labute approximate surface area is 123 Å². The van der Waals surface area contributed by atoms with E-state index in [4.69, 9.17) is 5.73 Å². The molecule has 0 aromatic heterocycles. The zero-order valence-corrected chi connectivity index (χ0v) is 12.9. The molecule has 4 aliphatic carbocycles. The van der Waals surface area contributed by atoms with E-state index in [1.165, 1.54) is 32.1 Å². The summed E-state index contributed by atoms with van der Waals surface area (Å²) in [6.07, 6.45) is 9.02. The second-order valence-corrected chi connectivity index (χ2v) is 7.42. The summed E-state index contributed by atoms with van der Waals surface area (Å²) < 4.78 is 0. The van der Waals surface area contributed by atoms with Crippen LogP contribution >= 0.6 is 0 Å². The molecule has 4 bridgehead atoms. The van der Waals surface area contributed by atoms with Crippen LogP contribution in [0.25, 0.3) is 0 Å². The number of unbranched alkanes of at least 4 members (excludes halogenated alkanes) is 1. The first-order valence-electron chi connectivity index (χ1n) is 8.71. The Balaban J connectivity index is 1.68. The van der Waals surface area contributed by atoms with Crippen molar-refractivity contribution in [3.8, 4) is 0 Å². The summed E-state index contributed by atoms with van der Waals surface area (Å²) in [6.45, 7) is 4.45. The summed E-state index contributed by atoms with van der Waals surface area (Å²) in [7, 11) is 0. The van der Waals surface area contributed by atoms with E-state index in [1.807, 2.05) is 0 Å². The Morgan fingerprint density at radius 1 is 1.05 bits per heavy atom. The SMILES string of the molecule is CCCCN(CCN)C(=O)C1C2CC3CC(C2)CC1C3. The maximum Gasteiger partial charge on any atom is 0.226 e. The van der Waals surface area contributed by atoms with Gasteiger partial charge in [0.05, 0.1) is 0 Å². The third kappa shape index (κ3) is 2.61. The average molecular weight is 278 g/mol. The van der Waals surface area contributed by atoms with Gasteiger partial charge in [-0.2, -0.15) is 0 Å². The standard InChI is InChI=1S/C17H30N2O/c1-2-3-5-19(6-4-18)17(20)16-14-8-12-7-13(10-14)11-15(16)9-12/h12-16H,2-11,18H2,1H3. The van der Waals surface area contributed by atoms with E-state index in [0.29, 0.717) is 30.2 Å². The summed E-state index contributed by atoms with van der Waals surface area (Å²) in [4.78, 5) is 15.1. The van der Waals surface area contributed by atoms with Gasteiger partial charge < -0.3 is 10.6 Å². The third-order valence-electron chi connectivity index (χ3n) is 6.00. The van der Waals surface area contributed by atoms with Crippen molar-refractivity contribution in [3.63, 3.8) is 0 Å². The minimum Gasteiger partial charge on any atom is -0.341 e. The van der Waals surface area contributed by atoms with E-state index >= 15 is 0 Å². The van der Waals surface area contributed by atoms with E-state index in [2.05, 4.69) is 11.8 Å². The first-order valence-corrected chi connectivity index (χ1v) is 8.71. The number of carbonyl (C=O) groups excluding carboxylic acids is 1. The van der Waals surface area contributed by atoms with Crippen LogP contribution in [0.5, 0.6) is 0 Å². The van der Waals surface area contributed by atoms with Crippen LogP contribution < -0.4 is 5.73 Å². The highest BCUT2D eigenvalue weighted by Gasteiger charge is 2.51. The Bertz CT molecular complexity index is 327. The Hall–Kier alpha value is -0.570. The molecule has 0 unspecified atom stereocenters. The fraction of sp³-hybridized carbons (Fsp3) is 0.941. The Morgan fingerprint density at radius 3 is 2.15 bits per heavy atom. The van der Waals surface area contributed by atoms with Crippen LogP contribution in [-0.2, 0) is 4.79 Å².